The molecule has 0 bridgehead atoms. The van der Waals surface area contributed by atoms with Gasteiger partial charge in [0, 0.05) is 5.57 Å². The normalized spacial score (nSPS) is 13.2. The second-order valence-corrected chi connectivity index (χ2v) is 4.45. The van der Waals surface area contributed by atoms with Crippen LogP contribution in [0.2, 0.25) is 0 Å². The van der Waals surface area contributed by atoms with Crippen LogP contribution in [0, 0.1) is 0 Å². The second kappa shape index (κ2) is 7.45. The molecule has 108 valence electrons. The maximum Gasteiger partial charge on any atom is 0.336 e. The third-order valence-corrected chi connectivity index (χ3v) is 2.40. The Bertz CT molecular complexity index is 478. The molecule has 0 fully saturated rings. The van der Waals surface area contributed by atoms with Crippen molar-refractivity contribution in [3.63, 3.8) is 0 Å². The van der Waals surface area contributed by atoms with Crippen molar-refractivity contribution in [3.05, 3.63) is 48.0 Å². The summed E-state index contributed by atoms with van der Waals surface area (Å²) >= 11 is 0. The van der Waals surface area contributed by atoms with Crippen LogP contribution in [-0.4, -0.2) is 29.4 Å². The summed E-state index contributed by atoms with van der Waals surface area (Å²) in [5.74, 6) is -1.31. The summed E-state index contributed by atoms with van der Waals surface area (Å²) < 4.78 is 9.81. The van der Waals surface area contributed by atoms with Gasteiger partial charge in [0.05, 0.1) is 6.42 Å². The molecule has 5 nitrogen and oxygen atoms in total. The molecule has 0 saturated heterocycles. The van der Waals surface area contributed by atoms with Gasteiger partial charge in [-0.15, -0.1) is 0 Å². The van der Waals surface area contributed by atoms with Gasteiger partial charge in [0.15, 0.2) is 0 Å². The number of carbonyl (C=O) groups excluding carboxylic acids is 2. The molecule has 2 unspecified atom stereocenters. The molecule has 1 aromatic carbocycles. The van der Waals surface area contributed by atoms with Gasteiger partial charge >= 0.3 is 11.9 Å². The van der Waals surface area contributed by atoms with Gasteiger partial charge in [-0.1, -0.05) is 36.9 Å². The molecule has 5 heteroatoms. The van der Waals surface area contributed by atoms with Gasteiger partial charge in [0.2, 0.25) is 0 Å². The number of rotatable bonds is 6. The molecule has 0 aliphatic heterocycles. The number of hydrogen-bond acceptors (Lipinski definition) is 5. The summed E-state index contributed by atoms with van der Waals surface area (Å²) in [7, 11) is 0. The molecule has 1 rings (SSSR count). The Hall–Kier alpha value is -2.14. The van der Waals surface area contributed by atoms with E-state index in [1.54, 1.807) is 24.3 Å². The number of ether oxygens (including phenoxy) is 2. The minimum absolute atomic E-state index is 0.0364. The van der Waals surface area contributed by atoms with Crippen LogP contribution in [0.4, 0.5) is 0 Å². The van der Waals surface area contributed by atoms with E-state index in [4.69, 9.17) is 9.47 Å². The summed E-state index contributed by atoms with van der Waals surface area (Å²) in [4.78, 5) is 23.1. The van der Waals surface area contributed by atoms with Crippen molar-refractivity contribution in [2.45, 2.75) is 32.7 Å². The molecule has 1 aromatic rings. The zero-order valence-electron chi connectivity index (χ0n) is 11.5. The third kappa shape index (κ3) is 5.24. The van der Waals surface area contributed by atoms with Crippen LogP contribution >= 0.6 is 0 Å². The fourth-order valence-corrected chi connectivity index (χ4v) is 1.36. The highest BCUT2D eigenvalue weighted by Crippen LogP contribution is 2.08. The van der Waals surface area contributed by atoms with Crippen molar-refractivity contribution in [3.8, 4) is 0 Å². The van der Waals surface area contributed by atoms with E-state index in [0.29, 0.717) is 0 Å². The third-order valence-electron chi connectivity index (χ3n) is 2.40. The van der Waals surface area contributed by atoms with Crippen molar-refractivity contribution in [1.82, 2.24) is 0 Å². The highest BCUT2D eigenvalue weighted by atomic mass is 16.7. The molecule has 1 N–H and O–H groups in total. The summed E-state index contributed by atoms with van der Waals surface area (Å²) in [6.45, 7) is 6.25. The second-order valence-electron chi connectivity index (χ2n) is 4.45. The monoisotopic (exact) mass is 278 g/mol. The fraction of sp³-hybridized carbons (Fsp3) is 0.333. The summed E-state index contributed by atoms with van der Waals surface area (Å²) in [5.41, 5.74) is 0.933. The standard InChI is InChI=1S/C15H18O5/c1-10(2)14(18)20-15(11(3)16)19-13(17)9-12-7-5-4-6-8-12/h4-8,11,15-16H,1,9H2,2-3H3. The predicted octanol–water partition coefficient (Wildman–Crippen LogP) is 1.60. The Morgan fingerprint density at radius 3 is 2.35 bits per heavy atom. The largest absolute Gasteiger partial charge is 0.422 e. The maximum absolute atomic E-state index is 11.7. The SMILES string of the molecule is C=C(C)C(=O)OC(OC(=O)Cc1ccccc1)C(C)O. The van der Waals surface area contributed by atoms with Crippen molar-refractivity contribution in [2.75, 3.05) is 0 Å². The van der Waals surface area contributed by atoms with Gasteiger partial charge in [0.25, 0.3) is 6.29 Å². The first-order valence-corrected chi connectivity index (χ1v) is 6.18. The number of aliphatic hydroxyl groups excluding tert-OH is 1. The van der Waals surface area contributed by atoms with Crippen LogP contribution in [0.15, 0.2) is 42.5 Å². The Labute approximate surface area is 117 Å². The van der Waals surface area contributed by atoms with Crippen LogP contribution < -0.4 is 0 Å². The van der Waals surface area contributed by atoms with E-state index in [-0.39, 0.29) is 12.0 Å². The topological polar surface area (TPSA) is 72.8 Å². The molecule has 0 aliphatic rings. The molecule has 0 saturated carbocycles. The highest BCUT2D eigenvalue weighted by Gasteiger charge is 2.24. The number of benzene rings is 1. The first-order chi connectivity index (χ1) is 9.40. The van der Waals surface area contributed by atoms with Crippen LogP contribution in [0.5, 0.6) is 0 Å². The molecule has 0 heterocycles. The quantitative estimate of drug-likeness (QED) is 0.486. The van der Waals surface area contributed by atoms with Crippen molar-refractivity contribution >= 4 is 11.9 Å². The van der Waals surface area contributed by atoms with E-state index in [9.17, 15) is 14.7 Å². The van der Waals surface area contributed by atoms with E-state index in [0.717, 1.165) is 5.56 Å². The van der Waals surface area contributed by atoms with E-state index >= 15 is 0 Å². The summed E-state index contributed by atoms with van der Waals surface area (Å²) in [6, 6.07) is 8.99. The Kier molecular flexibility index (Phi) is 5.93. The lowest BCUT2D eigenvalue weighted by Crippen LogP contribution is -2.34. The summed E-state index contributed by atoms with van der Waals surface area (Å²) in [5, 5.41) is 9.47. The van der Waals surface area contributed by atoms with E-state index in [1.165, 1.54) is 13.8 Å². The molecule has 2 atom stereocenters. The van der Waals surface area contributed by atoms with Gasteiger partial charge in [-0.3, -0.25) is 4.79 Å². The minimum Gasteiger partial charge on any atom is -0.422 e. The first kappa shape index (κ1) is 15.9. The minimum atomic E-state index is -1.34. The van der Waals surface area contributed by atoms with E-state index < -0.39 is 24.3 Å². The van der Waals surface area contributed by atoms with Gasteiger partial charge in [-0.2, -0.15) is 0 Å². The van der Waals surface area contributed by atoms with Crippen molar-refractivity contribution in [1.29, 1.82) is 0 Å². The van der Waals surface area contributed by atoms with E-state index in [1.807, 2.05) is 6.07 Å². The summed E-state index contributed by atoms with van der Waals surface area (Å²) in [6.07, 6.45) is -2.43. The lowest BCUT2D eigenvalue weighted by molar-refractivity contribution is -0.201. The van der Waals surface area contributed by atoms with Gasteiger partial charge in [-0.05, 0) is 19.4 Å². The Morgan fingerprint density at radius 2 is 1.85 bits per heavy atom. The van der Waals surface area contributed by atoms with Crippen LogP contribution in [-0.2, 0) is 25.5 Å². The average Bonchev–Trinajstić information content (AvgIpc) is 2.38. The molecule has 20 heavy (non-hydrogen) atoms. The van der Waals surface area contributed by atoms with E-state index in [2.05, 4.69) is 6.58 Å². The predicted molar refractivity (Wildman–Crippen MR) is 72.6 cm³/mol. The highest BCUT2D eigenvalue weighted by molar-refractivity contribution is 5.87. The molecule has 0 spiro atoms. The van der Waals surface area contributed by atoms with Crippen LogP contribution in [0.25, 0.3) is 0 Å². The molecule has 0 amide bonds. The van der Waals surface area contributed by atoms with Crippen LogP contribution in [0.3, 0.4) is 0 Å². The number of carbonyl (C=O) groups is 2. The van der Waals surface area contributed by atoms with Gasteiger partial charge < -0.3 is 14.6 Å². The molecule has 0 aliphatic carbocycles. The lowest BCUT2D eigenvalue weighted by atomic mass is 10.2. The Morgan fingerprint density at radius 1 is 1.25 bits per heavy atom. The Balaban J connectivity index is 2.59. The smallest absolute Gasteiger partial charge is 0.336 e. The van der Waals surface area contributed by atoms with Gasteiger partial charge in [0.1, 0.15) is 6.10 Å². The number of aliphatic hydroxyl groups is 1. The molecular formula is C15H18O5. The molecular weight excluding hydrogens is 260 g/mol. The lowest BCUT2D eigenvalue weighted by Gasteiger charge is -2.20. The zero-order valence-corrected chi connectivity index (χ0v) is 11.5. The number of esters is 2. The molecule has 0 radical (unpaired) electrons. The van der Waals surface area contributed by atoms with Gasteiger partial charge in [-0.25, -0.2) is 4.79 Å². The molecule has 0 aromatic heterocycles. The zero-order chi connectivity index (χ0) is 15.1. The van der Waals surface area contributed by atoms with Crippen LogP contribution in [0.1, 0.15) is 19.4 Å². The number of hydrogen-bond donors (Lipinski definition) is 1. The maximum atomic E-state index is 11.7. The average molecular weight is 278 g/mol. The first-order valence-electron chi connectivity index (χ1n) is 6.18. The fourth-order valence-electron chi connectivity index (χ4n) is 1.36. The van der Waals surface area contributed by atoms with Crippen molar-refractivity contribution in [2.24, 2.45) is 0 Å². The van der Waals surface area contributed by atoms with Crippen molar-refractivity contribution < 1.29 is 24.2 Å².